The Morgan fingerprint density at radius 3 is 3.00 bits per heavy atom. The first-order valence-corrected chi connectivity index (χ1v) is 7.96. The lowest BCUT2D eigenvalue weighted by Crippen LogP contribution is -2.32. The van der Waals surface area contributed by atoms with Crippen molar-refractivity contribution in [3.05, 3.63) is 16.5 Å². The molecule has 0 spiro atoms. The van der Waals surface area contributed by atoms with Gasteiger partial charge in [0.15, 0.2) is 5.82 Å². The highest BCUT2D eigenvalue weighted by Gasteiger charge is 2.33. The third kappa shape index (κ3) is 2.46. The molecule has 0 aliphatic heterocycles. The molecule has 6 nitrogen and oxygen atoms in total. The summed E-state index contributed by atoms with van der Waals surface area (Å²) >= 11 is 1.73. The van der Waals surface area contributed by atoms with Gasteiger partial charge in [0.1, 0.15) is 0 Å². The summed E-state index contributed by atoms with van der Waals surface area (Å²) in [6.45, 7) is 3.89. The number of aromatic nitrogens is 4. The van der Waals surface area contributed by atoms with Crippen LogP contribution in [-0.2, 0) is 24.2 Å². The molecule has 7 heteroatoms. The molecule has 0 aromatic carbocycles. The van der Waals surface area contributed by atoms with Crippen LogP contribution in [0.4, 0.5) is 0 Å². The maximum atomic E-state index is 11.5. The first kappa shape index (κ1) is 14.2. The molecule has 1 N–H and O–H groups in total. The molecule has 0 fully saturated rings. The van der Waals surface area contributed by atoms with Crippen molar-refractivity contribution >= 4 is 17.3 Å². The molecule has 1 atom stereocenters. The predicted octanol–water partition coefficient (Wildman–Crippen LogP) is 2.39. The number of carbonyl (C=O) groups is 1. The van der Waals surface area contributed by atoms with E-state index in [1.807, 2.05) is 6.92 Å². The number of tetrazole rings is 1. The Bertz CT molecular complexity index is 657. The number of aryl methyl sites for hydroxylation is 2. The van der Waals surface area contributed by atoms with Gasteiger partial charge in [0.25, 0.3) is 0 Å². The number of nitrogens with zero attached hydrogens (tertiary/aromatic N) is 4. The normalized spacial score (nSPS) is 16.7. The molecule has 112 valence electrons. The average molecular weight is 306 g/mol. The molecule has 0 radical (unpaired) electrons. The molecular formula is C14H18N4O2S. The molecule has 2 heterocycles. The monoisotopic (exact) mass is 306 g/mol. The van der Waals surface area contributed by atoms with Crippen molar-refractivity contribution in [3.8, 4) is 10.7 Å². The van der Waals surface area contributed by atoms with Crippen molar-refractivity contribution in [3.63, 3.8) is 0 Å². The molecule has 2 aromatic heterocycles. The summed E-state index contributed by atoms with van der Waals surface area (Å²) in [4.78, 5) is 13.9. The van der Waals surface area contributed by atoms with Gasteiger partial charge in [0.2, 0.25) is 0 Å². The van der Waals surface area contributed by atoms with Gasteiger partial charge in [-0.25, -0.2) is 4.68 Å². The highest BCUT2D eigenvalue weighted by molar-refractivity contribution is 7.15. The maximum absolute atomic E-state index is 11.5. The van der Waals surface area contributed by atoms with Crippen LogP contribution in [0.3, 0.4) is 0 Å². The van der Waals surface area contributed by atoms with Crippen LogP contribution in [0, 0.1) is 5.41 Å². The smallest absolute Gasteiger partial charge is 0.311 e. The SMILES string of the molecule is CCC(C)(Cn1nnnc1-c1cc2c(s1)CCC2)C(=O)O. The number of aliphatic carboxylic acids is 1. The van der Waals surface area contributed by atoms with Crippen LogP contribution in [0.5, 0.6) is 0 Å². The number of carboxylic acids is 1. The van der Waals surface area contributed by atoms with Crippen molar-refractivity contribution in [1.82, 2.24) is 20.2 Å². The molecule has 1 aliphatic rings. The van der Waals surface area contributed by atoms with Crippen LogP contribution >= 0.6 is 11.3 Å². The minimum absolute atomic E-state index is 0.281. The van der Waals surface area contributed by atoms with E-state index in [0.717, 1.165) is 17.7 Å². The molecule has 0 saturated carbocycles. The zero-order chi connectivity index (χ0) is 15.0. The van der Waals surface area contributed by atoms with Gasteiger partial charge in [-0.3, -0.25) is 4.79 Å². The fourth-order valence-corrected chi connectivity index (χ4v) is 3.83. The summed E-state index contributed by atoms with van der Waals surface area (Å²) in [6.07, 6.45) is 4.00. The Labute approximate surface area is 126 Å². The molecule has 2 aromatic rings. The molecule has 0 bridgehead atoms. The summed E-state index contributed by atoms with van der Waals surface area (Å²) < 4.78 is 1.62. The van der Waals surface area contributed by atoms with E-state index in [4.69, 9.17) is 0 Å². The van der Waals surface area contributed by atoms with Crippen molar-refractivity contribution in [1.29, 1.82) is 0 Å². The summed E-state index contributed by atoms with van der Waals surface area (Å²) in [5.74, 6) is -0.143. The van der Waals surface area contributed by atoms with Gasteiger partial charge in [-0.2, -0.15) is 0 Å². The minimum atomic E-state index is -0.857. The molecule has 1 aliphatic carbocycles. The zero-order valence-corrected chi connectivity index (χ0v) is 13.0. The Hall–Kier alpha value is -1.76. The van der Waals surface area contributed by atoms with E-state index in [-0.39, 0.29) is 6.54 Å². The fourth-order valence-electron chi connectivity index (χ4n) is 2.59. The van der Waals surface area contributed by atoms with Crippen LogP contribution in [-0.4, -0.2) is 31.3 Å². The molecular weight excluding hydrogens is 288 g/mol. The van der Waals surface area contributed by atoms with Crippen molar-refractivity contribution in [2.75, 3.05) is 0 Å². The fraction of sp³-hybridized carbons (Fsp3) is 0.571. The Kier molecular flexibility index (Phi) is 3.52. The van der Waals surface area contributed by atoms with E-state index in [9.17, 15) is 9.90 Å². The first-order valence-electron chi connectivity index (χ1n) is 7.15. The summed E-state index contributed by atoms with van der Waals surface area (Å²) in [6, 6.07) is 2.15. The van der Waals surface area contributed by atoms with Gasteiger partial charge in [-0.15, -0.1) is 16.4 Å². The van der Waals surface area contributed by atoms with Gasteiger partial charge in [0, 0.05) is 4.88 Å². The predicted molar refractivity (Wildman–Crippen MR) is 79.2 cm³/mol. The quantitative estimate of drug-likeness (QED) is 0.917. The molecule has 0 amide bonds. The van der Waals surface area contributed by atoms with Gasteiger partial charge < -0.3 is 5.11 Å². The maximum Gasteiger partial charge on any atom is 0.311 e. The second-order valence-corrected chi connectivity index (χ2v) is 6.93. The lowest BCUT2D eigenvalue weighted by molar-refractivity contribution is -0.149. The highest BCUT2D eigenvalue weighted by atomic mass is 32.1. The number of hydrogen-bond acceptors (Lipinski definition) is 5. The largest absolute Gasteiger partial charge is 0.481 e. The first-order chi connectivity index (χ1) is 10.0. The van der Waals surface area contributed by atoms with Crippen molar-refractivity contribution < 1.29 is 9.90 Å². The van der Waals surface area contributed by atoms with E-state index >= 15 is 0 Å². The third-order valence-corrected chi connectivity index (χ3v) is 5.53. The number of hydrogen-bond donors (Lipinski definition) is 1. The van der Waals surface area contributed by atoms with Crippen LogP contribution < -0.4 is 0 Å². The summed E-state index contributed by atoms with van der Waals surface area (Å²) in [7, 11) is 0. The van der Waals surface area contributed by atoms with Crippen LogP contribution in [0.1, 0.15) is 37.1 Å². The molecule has 1 unspecified atom stereocenters. The van der Waals surface area contributed by atoms with Gasteiger partial charge in [-0.1, -0.05) is 6.92 Å². The number of fused-ring (bicyclic) bond motifs is 1. The van der Waals surface area contributed by atoms with Gasteiger partial charge >= 0.3 is 5.97 Å². The van der Waals surface area contributed by atoms with E-state index in [1.165, 1.54) is 16.9 Å². The Morgan fingerprint density at radius 2 is 2.33 bits per heavy atom. The van der Waals surface area contributed by atoms with Crippen LogP contribution in [0.2, 0.25) is 0 Å². The summed E-state index contributed by atoms with van der Waals surface area (Å²) in [5.41, 5.74) is 0.533. The average Bonchev–Trinajstić information content (AvgIpc) is 3.11. The topological polar surface area (TPSA) is 80.9 Å². The van der Waals surface area contributed by atoms with E-state index in [1.54, 1.807) is 22.9 Å². The summed E-state index contributed by atoms with van der Waals surface area (Å²) in [5, 5.41) is 21.2. The number of carboxylic acid groups (broad SMARTS) is 1. The lowest BCUT2D eigenvalue weighted by atomic mass is 9.88. The van der Waals surface area contributed by atoms with Crippen LogP contribution in [0.15, 0.2) is 6.07 Å². The second kappa shape index (κ2) is 5.22. The van der Waals surface area contributed by atoms with E-state index in [0.29, 0.717) is 12.2 Å². The molecule has 21 heavy (non-hydrogen) atoms. The van der Waals surface area contributed by atoms with Gasteiger partial charge in [-0.05, 0) is 54.7 Å². The Balaban J connectivity index is 1.92. The van der Waals surface area contributed by atoms with E-state index in [2.05, 4.69) is 21.6 Å². The Morgan fingerprint density at radius 1 is 1.52 bits per heavy atom. The molecule has 0 saturated heterocycles. The lowest BCUT2D eigenvalue weighted by Gasteiger charge is -2.22. The zero-order valence-electron chi connectivity index (χ0n) is 12.2. The standard InChI is InChI=1S/C14H18N4O2S/c1-3-14(2,13(19)20)8-18-12(15-16-17-18)11-7-9-5-4-6-10(9)21-11/h7H,3-6,8H2,1-2H3,(H,19,20). The van der Waals surface area contributed by atoms with Crippen LogP contribution in [0.25, 0.3) is 10.7 Å². The molecule has 3 rings (SSSR count). The van der Waals surface area contributed by atoms with Crippen molar-refractivity contribution in [2.24, 2.45) is 5.41 Å². The van der Waals surface area contributed by atoms with Crippen molar-refractivity contribution in [2.45, 2.75) is 46.1 Å². The third-order valence-electron chi connectivity index (χ3n) is 4.29. The minimum Gasteiger partial charge on any atom is -0.481 e. The van der Waals surface area contributed by atoms with Gasteiger partial charge in [0.05, 0.1) is 16.8 Å². The van der Waals surface area contributed by atoms with E-state index < -0.39 is 11.4 Å². The highest BCUT2D eigenvalue weighted by Crippen LogP contribution is 2.36. The second-order valence-electron chi connectivity index (χ2n) is 5.79. The number of thiophene rings is 1. The number of rotatable bonds is 5.